The van der Waals surface area contributed by atoms with Crippen LogP contribution in [-0.4, -0.2) is 23.0 Å². The second-order valence-corrected chi connectivity index (χ2v) is 4.84. The number of carbonyl (C=O) groups is 2. The SMILES string of the molecule is NC(CC(=O)O)C(=O)Nc1cc(Br)cc(C(F)(F)F)c1. The maximum absolute atomic E-state index is 12.6. The molecule has 0 spiro atoms. The fourth-order valence-electron chi connectivity index (χ4n) is 1.34. The standard InChI is InChI=1S/C11H10BrF3N2O3/c12-6-1-5(11(13,14)15)2-7(3-6)17-10(20)8(16)4-9(18)19/h1-3,8H,4,16H2,(H,17,20)(H,18,19). The Bertz CT molecular complexity index is 534. The first kappa shape index (κ1) is 16.4. The lowest BCUT2D eigenvalue weighted by molar-refractivity contribution is -0.139. The van der Waals surface area contributed by atoms with E-state index in [0.29, 0.717) is 0 Å². The van der Waals surface area contributed by atoms with Crippen LogP contribution in [0.4, 0.5) is 18.9 Å². The Kier molecular flexibility index (Phi) is 5.12. The maximum atomic E-state index is 12.6. The summed E-state index contributed by atoms with van der Waals surface area (Å²) in [6.45, 7) is 0. The molecule has 0 heterocycles. The van der Waals surface area contributed by atoms with Crippen molar-refractivity contribution in [2.24, 2.45) is 5.73 Å². The van der Waals surface area contributed by atoms with Crippen molar-refractivity contribution < 1.29 is 27.9 Å². The summed E-state index contributed by atoms with van der Waals surface area (Å²) in [5, 5.41) is 10.6. The quantitative estimate of drug-likeness (QED) is 0.772. The van der Waals surface area contributed by atoms with Crippen molar-refractivity contribution >= 4 is 33.5 Å². The third-order valence-corrected chi connectivity index (χ3v) is 2.68. The molecular weight excluding hydrogens is 345 g/mol. The molecule has 0 saturated carbocycles. The van der Waals surface area contributed by atoms with Gasteiger partial charge in [0.1, 0.15) is 0 Å². The van der Waals surface area contributed by atoms with Crippen LogP contribution in [0.5, 0.6) is 0 Å². The number of halogens is 4. The number of hydrogen-bond donors (Lipinski definition) is 3. The van der Waals surface area contributed by atoms with Crippen molar-refractivity contribution in [1.82, 2.24) is 0 Å². The summed E-state index contributed by atoms with van der Waals surface area (Å²) in [5.74, 6) is -2.16. The normalized spacial score (nSPS) is 12.8. The summed E-state index contributed by atoms with van der Waals surface area (Å²) in [7, 11) is 0. The molecule has 0 aromatic heterocycles. The third-order valence-electron chi connectivity index (χ3n) is 2.22. The smallest absolute Gasteiger partial charge is 0.416 e. The van der Waals surface area contributed by atoms with E-state index >= 15 is 0 Å². The number of hydrogen-bond acceptors (Lipinski definition) is 3. The highest BCUT2D eigenvalue weighted by molar-refractivity contribution is 9.10. The largest absolute Gasteiger partial charge is 0.481 e. The van der Waals surface area contributed by atoms with Gasteiger partial charge in [0.2, 0.25) is 5.91 Å². The van der Waals surface area contributed by atoms with Gasteiger partial charge in [0, 0.05) is 10.2 Å². The number of anilines is 1. The second-order valence-electron chi connectivity index (χ2n) is 3.92. The van der Waals surface area contributed by atoms with Crippen LogP contribution in [0, 0.1) is 0 Å². The molecule has 0 radical (unpaired) electrons. The number of nitrogens with one attached hydrogen (secondary N) is 1. The van der Waals surface area contributed by atoms with E-state index in [1.54, 1.807) is 0 Å². The molecule has 110 valence electrons. The number of carboxylic acid groups (broad SMARTS) is 1. The Morgan fingerprint density at radius 2 is 1.95 bits per heavy atom. The van der Waals surface area contributed by atoms with Crippen LogP contribution in [0.3, 0.4) is 0 Å². The summed E-state index contributed by atoms with van der Waals surface area (Å²) < 4.78 is 37.9. The zero-order chi connectivity index (χ0) is 15.5. The first-order valence-corrected chi connectivity index (χ1v) is 6.05. The minimum atomic E-state index is -4.56. The molecule has 20 heavy (non-hydrogen) atoms. The van der Waals surface area contributed by atoms with E-state index in [2.05, 4.69) is 21.2 Å². The first-order valence-electron chi connectivity index (χ1n) is 5.25. The predicted molar refractivity (Wildman–Crippen MR) is 68.0 cm³/mol. The lowest BCUT2D eigenvalue weighted by Gasteiger charge is -2.13. The first-order chi connectivity index (χ1) is 9.09. The molecule has 0 fully saturated rings. The molecule has 0 aliphatic rings. The van der Waals surface area contributed by atoms with Gasteiger partial charge in [0.15, 0.2) is 0 Å². The Morgan fingerprint density at radius 3 is 2.45 bits per heavy atom. The Balaban J connectivity index is 2.90. The van der Waals surface area contributed by atoms with E-state index in [0.717, 1.165) is 12.1 Å². The molecule has 1 rings (SSSR count). The van der Waals surface area contributed by atoms with E-state index < -0.39 is 36.1 Å². The Hall–Kier alpha value is -1.61. The molecule has 1 unspecified atom stereocenters. The van der Waals surface area contributed by atoms with Gasteiger partial charge in [-0.1, -0.05) is 15.9 Å². The number of nitrogens with two attached hydrogens (primary N) is 1. The lowest BCUT2D eigenvalue weighted by Crippen LogP contribution is -2.37. The van der Waals surface area contributed by atoms with Gasteiger partial charge in [-0.05, 0) is 18.2 Å². The van der Waals surface area contributed by atoms with Gasteiger partial charge in [-0.3, -0.25) is 9.59 Å². The van der Waals surface area contributed by atoms with E-state index in [-0.39, 0.29) is 10.2 Å². The van der Waals surface area contributed by atoms with Crippen molar-refractivity contribution in [2.45, 2.75) is 18.6 Å². The zero-order valence-electron chi connectivity index (χ0n) is 9.87. The van der Waals surface area contributed by atoms with E-state index in [9.17, 15) is 22.8 Å². The molecule has 0 saturated heterocycles. The molecule has 0 bridgehead atoms. The number of aliphatic carboxylic acids is 1. The maximum Gasteiger partial charge on any atom is 0.416 e. The highest BCUT2D eigenvalue weighted by Gasteiger charge is 2.31. The summed E-state index contributed by atoms with van der Waals surface area (Å²) in [5.41, 5.74) is 4.22. The summed E-state index contributed by atoms with van der Waals surface area (Å²) in [4.78, 5) is 21.9. The van der Waals surface area contributed by atoms with Crippen LogP contribution in [-0.2, 0) is 15.8 Å². The van der Waals surface area contributed by atoms with Crippen LogP contribution >= 0.6 is 15.9 Å². The minimum absolute atomic E-state index is 0.120. The highest BCUT2D eigenvalue weighted by Crippen LogP contribution is 2.33. The predicted octanol–water partition coefficient (Wildman–Crippen LogP) is 2.21. The number of carbonyl (C=O) groups excluding carboxylic acids is 1. The summed E-state index contributed by atoms with van der Waals surface area (Å²) >= 11 is 2.90. The summed E-state index contributed by atoms with van der Waals surface area (Å²) in [6, 6.07) is 1.49. The fraction of sp³-hybridized carbons (Fsp3) is 0.273. The minimum Gasteiger partial charge on any atom is -0.481 e. The summed E-state index contributed by atoms with van der Waals surface area (Å²) in [6.07, 6.45) is -5.18. The Morgan fingerprint density at radius 1 is 1.35 bits per heavy atom. The van der Waals surface area contributed by atoms with Gasteiger partial charge < -0.3 is 16.2 Å². The van der Waals surface area contributed by atoms with Crippen molar-refractivity contribution in [3.8, 4) is 0 Å². The van der Waals surface area contributed by atoms with Gasteiger partial charge in [-0.15, -0.1) is 0 Å². The zero-order valence-corrected chi connectivity index (χ0v) is 11.5. The monoisotopic (exact) mass is 354 g/mol. The average molecular weight is 355 g/mol. The number of benzene rings is 1. The fourth-order valence-corrected chi connectivity index (χ4v) is 1.83. The molecule has 0 aliphatic heterocycles. The topological polar surface area (TPSA) is 92.4 Å². The van der Waals surface area contributed by atoms with E-state index in [1.165, 1.54) is 6.07 Å². The second kappa shape index (κ2) is 6.23. The Labute approximate surface area is 120 Å². The highest BCUT2D eigenvalue weighted by atomic mass is 79.9. The van der Waals surface area contributed by atoms with Crippen LogP contribution in [0.2, 0.25) is 0 Å². The van der Waals surface area contributed by atoms with E-state index in [1.807, 2.05) is 0 Å². The number of alkyl halides is 3. The van der Waals surface area contributed by atoms with Gasteiger partial charge in [0.25, 0.3) is 0 Å². The van der Waals surface area contributed by atoms with E-state index in [4.69, 9.17) is 10.8 Å². The molecule has 5 nitrogen and oxygen atoms in total. The lowest BCUT2D eigenvalue weighted by atomic mass is 10.1. The van der Waals surface area contributed by atoms with Crippen molar-refractivity contribution in [3.63, 3.8) is 0 Å². The van der Waals surface area contributed by atoms with Crippen molar-refractivity contribution in [3.05, 3.63) is 28.2 Å². The van der Waals surface area contributed by atoms with Crippen LogP contribution in [0.25, 0.3) is 0 Å². The third kappa shape index (κ3) is 4.82. The molecule has 1 amide bonds. The molecule has 4 N–H and O–H groups in total. The van der Waals surface area contributed by atoms with Gasteiger partial charge in [0.05, 0.1) is 18.0 Å². The molecule has 0 aliphatic carbocycles. The van der Waals surface area contributed by atoms with Crippen LogP contribution < -0.4 is 11.1 Å². The van der Waals surface area contributed by atoms with Crippen LogP contribution in [0.15, 0.2) is 22.7 Å². The molecule has 1 atom stereocenters. The van der Waals surface area contributed by atoms with Gasteiger partial charge in [-0.25, -0.2) is 0 Å². The molecule has 1 aromatic rings. The van der Waals surface area contributed by atoms with Crippen molar-refractivity contribution in [2.75, 3.05) is 5.32 Å². The molecule has 1 aromatic carbocycles. The van der Waals surface area contributed by atoms with Gasteiger partial charge >= 0.3 is 12.1 Å². The van der Waals surface area contributed by atoms with Gasteiger partial charge in [-0.2, -0.15) is 13.2 Å². The average Bonchev–Trinajstić information content (AvgIpc) is 2.25. The number of amides is 1. The van der Waals surface area contributed by atoms with Crippen molar-refractivity contribution in [1.29, 1.82) is 0 Å². The number of rotatable bonds is 4. The number of carboxylic acids is 1. The molecule has 9 heteroatoms. The molecular formula is C11H10BrF3N2O3. The van der Waals surface area contributed by atoms with Crippen LogP contribution in [0.1, 0.15) is 12.0 Å².